The Labute approximate surface area is 182 Å². The lowest BCUT2D eigenvalue weighted by Gasteiger charge is -2.05. The smallest absolute Gasteiger partial charge is 0.265 e. The zero-order valence-corrected chi connectivity index (χ0v) is 17.6. The number of hydrogen-bond acceptors (Lipinski definition) is 8. The van der Waals surface area contributed by atoms with Gasteiger partial charge in [0.1, 0.15) is 5.69 Å². The van der Waals surface area contributed by atoms with Crippen molar-refractivity contribution in [1.82, 2.24) is 20.1 Å². The van der Waals surface area contributed by atoms with Gasteiger partial charge >= 0.3 is 0 Å². The molecule has 0 aliphatic carbocycles. The zero-order valence-electron chi connectivity index (χ0n) is 16.0. The molecule has 0 saturated carbocycles. The number of nitrogens with one attached hydrogen (secondary N) is 2. The Hall–Kier alpha value is -3.83. The normalized spacial score (nSPS) is 11.1. The van der Waals surface area contributed by atoms with E-state index < -0.39 is 5.91 Å². The molecule has 0 aromatic carbocycles. The Morgan fingerprint density at radius 1 is 1.19 bits per heavy atom. The number of primary amides is 1. The lowest BCUT2D eigenvalue weighted by molar-refractivity contribution is 0.0994. The molecule has 5 aromatic rings. The van der Waals surface area contributed by atoms with Crippen molar-refractivity contribution in [2.45, 2.75) is 6.92 Å². The Morgan fingerprint density at radius 3 is 2.81 bits per heavy atom. The van der Waals surface area contributed by atoms with Crippen LogP contribution in [0.2, 0.25) is 0 Å². The SMILES string of the molecule is Cc1noc2nc(-c3cccs3)cc(C(=O)Nc3nc(-c4c[nH]c(C(N)=O)c4)cs3)c12. The van der Waals surface area contributed by atoms with Crippen LogP contribution >= 0.6 is 22.7 Å². The van der Waals surface area contributed by atoms with Crippen LogP contribution in [0.1, 0.15) is 26.5 Å². The Kier molecular flexibility index (Phi) is 4.60. The van der Waals surface area contributed by atoms with Gasteiger partial charge in [0.05, 0.1) is 32.9 Å². The molecular weight excluding hydrogens is 436 g/mol. The number of fused-ring (bicyclic) bond motifs is 1. The van der Waals surface area contributed by atoms with Crippen LogP contribution in [0.5, 0.6) is 0 Å². The van der Waals surface area contributed by atoms with E-state index in [4.69, 9.17) is 10.3 Å². The number of pyridine rings is 1. The first kappa shape index (κ1) is 19.2. The van der Waals surface area contributed by atoms with Crippen LogP contribution < -0.4 is 11.1 Å². The van der Waals surface area contributed by atoms with Gasteiger partial charge in [0.2, 0.25) is 0 Å². The molecule has 0 bridgehead atoms. The molecular formula is C20H14N6O3S2. The third-order valence-electron chi connectivity index (χ3n) is 4.60. The highest BCUT2D eigenvalue weighted by atomic mass is 32.1. The number of amides is 2. The van der Waals surface area contributed by atoms with Gasteiger partial charge in [-0.15, -0.1) is 22.7 Å². The van der Waals surface area contributed by atoms with Gasteiger partial charge in [-0.2, -0.15) is 0 Å². The van der Waals surface area contributed by atoms with E-state index in [0.29, 0.717) is 44.4 Å². The van der Waals surface area contributed by atoms with Gasteiger partial charge in [-0.05, 0) is 30.5 Å². The van der Waals surface area contributed by atoms with Crippen LogP contribution in [0.25, 0.3) is 32.9 Å². The lowest BCUT2D eigenvalue weighted by atomic mass is 10.1. The number of rotatable bonds is 5. The van der Waals surface area contributed by atoms with E-state index in [0.717, 1.165) is 4.88 Å². The van der Waals surface area contributed by atoms with Crippen molar-refractivity contribution in [2.75, 3.05) is 5.32 Å². The molecule has 9 nitrogen and oxygen atoms in total. The number of H-pyrrole nitrogens is 1. The molecule has 5 aromatic heterocycles. The molecule has 0 unspecified atom stereocenters. The van der Waals surface area contributed by atoms with Crippen molar-refractivity contribution in [3.8, 4) is 21.8 Å². The highest BCUT2D eigenvalue weighted by Gasteiger charge is 2.21. The van der Waals surface area contributed by atoms with Crippen LogP contribution in [0.4, 0.5) is 5.13 Å². The minimum Gasteiger partial charge on any atom is -0.364 e. The number of thiophene rings is 1. The van der Waals surface area contributed by atoms with Crippen molar-refractivity contribution in [1.29, 1.82) is 0 Å². The second-order valence-electron chi connectivity index (χ2n) is 6.64. The average Bonchev–Trinajstić information content (AvgIpc) is 3.54. The van der Waals surface area contributed by atoms with E-state index in [1.807, 2.05) is 17.5 Å². The number of nitrogens with two attached hydrogens (primary N) is 1. The van der Waals surface area contributed by atoms with Crippen molar-refractivity contribution in [2.24, 2.45) is 5.73 Å². The standard InChI is InChI=1S/C20H14N6O3S2/c1-9-16-11(6-12(15-3-2-4-30-15)23-19(16)29-26-9)18(28)25-20-24-14(8-31-20)10-5-13(17(21)27)22-7-10/h2-8,22H,1H3,(H2,21,27)(H,24,25,28). The Balaban J connectivity index is 1.47. The minimum absolute atomic E-state index is 0.289. The van der Waals surface area contributed by atoms with Crippen LogP contribution in [-0.2, 0) is 0 Å². The second-order valence-corrected chi connectivity index (χ2v) is 8.44. The first-order chi connectivity index (χ1) is 15.0. The summed E-state index contributed by atoms with van der Waals surface area (Å²) >= 11 is 2.79. The summed E-state index contributed by atoms with van der Waals surface area (Å²) in [6.07, 6.45) is 1.64. The number of hydrogen-bond donors (Lipinski definition) is 3. The van der Waals surface area contributed by atoms with Crippen molar-refractivity contribution in [3.63, 3.8) is 0 Å². The molecule has 0 aliphatic rings. The van der Waals surface area contributed by atoms with Gasteiger partial charge in [-0.3, -0.25) is 14.9 Å². The summed E-state index contributed by atoms with van der Waals surface area (Å²) in [5.41, 5.74) is 8.80. The van der Waals surface area contributed by atoms with E-state index in [9.17, 15) is 9.59 Å². The van der Waals surface area contributed by atoms with Gasteiger partial charge in [-0.25, -0.2) is 9.97 Å². The van der Waals surface area contributed by atoms with Crippen LogP contribution in [0, 0.1) is 6.92 Å². The fourth-order valence-electron chi connectivity index (χ4n) is 3.14. The molecule has 0 fully saturated rings. The summed E-state index contributed by atoms with van der Waals surface area (Å²) in [4.78, 5) is 37.1. The fraction of sp³-hybridized carbons (Fsp3) is 0.0500. The molecule has 154 valence electrons. The zero-order chi connectivity index (χ0) is 21.5. The molecule has 0 saturated heterocycles. The predicted octanol–water partition coefficient (Wildman–Crippen LogP) is 4.06. The summed E-state index contributed by atoms with van der Waals surface area (Å²) in [7, 11) is 0. The highest BCUT2D eigenvalue weighted by Crippen LogP contribution is 2.31. The van der Waals surface area contributed by atoms with Crippen molar-refractivity contribution < 1.29 is 14.1 Å². The van der Waals surface area contributed by atoms with Gasteiger partial charge in [-0.1, -0.05) is 11.2 Å². The topological polar surface area (TPSA) is 140 Å². The van der Waals surface area contributed by atoms with E-state index in [1.165, 1.54) is 22.7 Å². The maximum atomic E-state index is 13.1. The Bertz CT molecular complexity index is 1430. The van der Waals surface area contributed by atoms with Gasteiger partial charge < -0.3 is 15.2 Å². The van der Waals surface area contributed by atoms with Crippen LogP contribution in [0.3, 0.4) is 0 Å². The first-order valence-corrected chi connectivity index (χ1v) is 10.8. The monoisotopic (exact) mass is 450 g/mol. The molecule has 11 heteroatoms. The minimum atomic E-state index is -0.553. The maximum Gasteiger partial charge on any atom is 0.265 e. The average molecular weight is 451 g/mol. The fourth-order valence-corrected chi connectivity index (χ4v) is 4.54. The molecule has 0 spiro atoms. The number of aryl methyl sites for hydroxylation is 1. The van der Waals surface area contributed by atoms with E-state index >= 15 is 0 Å². The van der Waals surface area contributed by atoms with Crippen molar-refractivity contribution in [3.05, 3.63) is 58.2 Å². The third-order valence-corrected chi connectivity index (χ3v) is 6.25. The lowest BCUT2D eigenvalue weighted by Crippen LogP contribution is -2.13. The molecule has 5 heterocycles. The molecule has 0 radical (unpaired) electrons. The number of carbonyl (C=O) groups is 2. The maximum absolute atomic E-state index is 13.1. The largest absolute Gasteiger partial charge is 0.364 e. The highest BCUT2D eigenvalue weighted by molar-refractivity contribution is 7.14. The summed E-state index contributed by atoms with van der Waals surface area (Å²) < 4.78 is 5.32. The summed E-state index contributed by atoms with van der Waals surface area (Å²) in [5, 5.41) is 11.5. The molecule has 5 rings (SSSR count). The number of aromatic amines is 1. The van der Waals surface area contributed by atoms with E-state index in [-0.39, 0.29) is 11.6 Å². The quantitative estimate of drug-likeness (QED) is 0.369. The van der Waals surface area contributed by atoms with Gasteiger partial charge in [0.25, 0.3) is 17.5 Å². The summed E-state index contributed by atoms with van der Waals surface area (Å²) in [5.74, 6) is -0.897. The summed E-state index contributed by atoms with van der Waals surface area (Å²) in [6, 6.07) is 7.18. The Morgan fingerprint density at radius 2 is 2.06 bits per heavy atom. The number of aromatic nitrogens is 4. The van der Waals surface area contributed by atoms with Crippen LogP contribution in [-0.4, -0.2) is 31.9 Å². The third kappa shape index (κ3) is 3.49. The molecule has 2 amide bonds. The number of carbonyl (C=O) groups excluding carboxylic acids is 2. The van der Waals surface area contributed by atoms with Crippen molar-refractivity contribution >= 4 is 50.7 Å². The van der Waals surface area contributed by atoms with Crippen LogP contribution in [0.15, 0.2) is 45.7 Å². The van der Waals surface area contributed by atoms with E-state index in [1.54, 1.807) is 30.6 Å². The molecule has 0 aliphatic heterocycles. The number of anilines is 1. The number of thiazole rings is 1. The van der Waals surface area contributed by atoms with E-state index in [2.05, 4.69) is 25.4 Å². The second kappa shape index (κ2) is 7.45. The summed E-state index contributed by atoms with van der Waals surface area (Å²) in [6.45, 7) is 1.76. The number of nitrogens with zero attached hydrogens (tertiary/aromatic N) is 3. The van der Waals surface area contributed by atoms with Gasteiger partial charge in [0.15, 0.2) is 5.13 Å². The molecule has 31 heavy (non-hydrogen) atoms. The predicted molar refractivity (Wildman–Crippen MR) is 118 cm³/mol. The molecule has 4 N–H and O–H groups in total. The van der Waals surface area contributed by atoms with Gasteiger partial charge in [0, 0.05) is 17.1 Å². The molecule has 0 atom stereocenters. The first-order valence-electron chi connectivity index (χ1n) is 9.06.